The molecule has 1 amide bonds. The number of aromatic nitrogens is 2. The third-order valence-corrected chi connectivity index (χ3v) is 3.67. The van der Waals surface area contributed by atoms with Gasteiger partial charge in [-0.2, -0.15) is 5.10 Å². The molecule has 1 saturated heterocycles. The lowest BCUT2D eigenvalue weighted by molar-refractivity contribution is -0.0979. The topological polar surface area (TPSA) is 65.4 Å². The van der Waals surface area contributed by atoms with Crippen molar-refractivity contribution in [2.45, 2.75) is 12.1 Å². The summed E-state index contributed by atoms with van der Waals surface area (Å²) in [6.45, 7) is 1.30. The number of amides is 1. The zero-order valence-corrected chi connectivity index (χ0v) is 12.6. The number of rotatable bonds is 5. The molecule has 1 fully saturated rings. The molecule has 1 aromatic heterocycles. The first-order valence-corrected chi connectivity index (χ1v) is 7.37. The van der Waals surface area contributed by atoms with Crippen LogP contribution < -0.4 is 5.32 Å². The van der Waals surface area contributed by atoms with Gasteiger partial charge in [0, 0.05) is 24.0 Å². The van der Waals surface area contributed by atoms with Crippen molar-refractivity contribution in [3.63, 3.8) is 0 Å². The summed E-state index contributed by atoms with van der Waals surface area (Å²) in [4.78, 5) is 11.8. The van der Waals surface area contributed by atoms with Crippen LogP contribution >= 0.6 is 11.6 Å². The molecule has 1 aromatic carbocycles. The Bertz CT molecular complexity index is 611. The smallest absolute Gasteiger partial charge is 0.407 e. The Hall–Kier alpha value is -2.05. The van der Waals surface area contributed by atoms with Crippen LogP contribution in [0.2, 0.25) is 5.02 Å². The van der Waals surface area contributed by atoms with Crippen LogP contribution in [0.3, 0.4) is 0 Å². The Labute approximate surface area is 133 Å². The minimum absolute atomic E-state index is 0.127. The van der Waals surface area contributed by atoms with Gasteiger partial charge in [0.15, 0.2) is 6.10 Å². The fourth-order valence-corrected chi connectivity index (χ4v) is 2.30. The van der Waals surface area contributed by atoms with Gasteiger partial charge in [0.25, 0.3) is 0 Å². The van der Waals surface area contributed by atoms with Gasteiger partial charge in [-0.15, -0.1) is 0 Å². The molecule has 22 heavy (non-hydrogen) atoms. The highest BCUT2D eigenvalue weighted by molar-refractivity contribution is 6.30. The number of nitrogens with one attached hydrogen (secondary N) is 1. The third kappa shape index (κ3) is 3.58. The van der Waals surface area contributed by atoms with Gasteiger partial charge >= 0.3 is 6.09 Å². The minimum Gasteiger partial charge on any atom is -0.441 e. The zero-order valence-electron chi connectivity index (χ0n) is 11.8. The molecule has 0 radical (unpaired) electrons. The zero-order chi connectivity index (χ0) is 15.4. The summed E-state index contributed by atoms with van der Waals surface area (Å²) < 4.78 is 11.9. The average molecular weight is 322 g/mol. The molecule has 116 valence electrons. The Morgan fingerprint density at radius 2 is 2.23 bits per heavy atom. The molecule has 0 saturated carbocycles. The largest absolute Gasteiger partial charge is 0.441 e. The quantitative estimate of drug-likeness (QED) is 0.917. The summed E-state index contributed by atoms with van der Waals surface area (Å²) in [7, 11) is 0. The lowest BCUT2D eigenvalue weighted by Crippen LogP contribution is -2.42. The predicted molar refractivity (Wildman–Crippen MR) is 80.9 cm³/mol. The number of nitrogens with zero attached hydrogens (tertiary/aromatic N) is 2. The van der Waals surface area contributed by atoms with Crippen LogP contribution in [0.1, 0.15) is 11.6 Å². The van der Waals surface area contributed by atoms with Crippen molar-refractivity contribution >= 4 is 17.7 Å². The van der Waals surface area contributed by atoms with Gasteiger partial charge in [0.2, 0.25) is 0 Å². The van der Waals surface area contributed by atoms with Crippen LogP contribution in [0.5, 0.6) is 0 Å². The van der Waals surface area contributed by atoms with Crippen LogP contribution in [-0.2, 0) is 9.47 Å². The summed E-state index contributed by atoms with van der Waals surface area (Å²) >= 11 is 5.92. The van der Waals surface area contributed by atoms with Gasteiger partial charge in [-0.05, 0) is 23.8 Å². The maximum Gasteiger partial charge on any atom is 0.407 e. The van der Waals surface area contributed by atoms with E-state index in [0.29, 0.717) is 24.8 Å². The highest BCUT2D eigenvalue weighted by Gasteiger charge is 2.23. The second-order valence-electron chi connectivity index (χ2n) is 5.00. The Balaban J connectivity index is 1.66. The van der Waals surface area contributed by atoms with Crippen LogP contribution in [0, 0.1) is 0 Å². The van der Waals surface area contributed by atoms with Crippen molar-refractivity contribution in [2.24, 2.45) is 0 Å². The van der Waals surface area contributed by atoms with E-state index in [9.17, 15) is 4.79 Å². The summed E-state index contributed by atoms with van der Waals surface area (Å²) in [5.41, 5.74) is 1.00. The lowest BCUT2D eigenvalue weighted by atomic mass is 10.1. The molecule has 1 N–H and O–H groups in total. The first-order valence-electron chi connectivity index (χ1n) is 6.99. The molecular formula is C15H16ClN3O3. The predicted octanol–water partition coefficient (Wildman–Crippen LogP) is 2.25. The minimum atomic E-state index is -0.445. The van der Waals surface area contributed by atoms with E-state index in [4.69, 9.17) is 21.1 Å². The number of hydrogen-bond donors (Lipinski definition) is 1. The normalized spacial score (nSPS) is 15.9. The van der Waals surface area contributed by atoms with Gasteiger partial charge < -0.3 is 14.8 Å². The van der Waals surface area contributed by atoms with E-state index in [0.717, 1.165) is 5.56 Å². The Morgan fingerprint density at radius 1 is 1.45 bits per heavy atom. The van der Waals surface area contributed by atoms with Crippen LogP contribution in [0.25, 0.3) is 0 Å². The third-order valence-electron chi connectivity index (χ3n) is 3.42. The second kappa shape index (κ2) is 6.81. The molecule has 0 spiro atoms. The first kappa shape index (κ1) is 14.9. The molecular weight excluding hydrogens is 306 g/mol. The van der Waals surface area contributed by atoms with Crippen LogP contribution in [0.4, 0.5) is 4.79 Å². The molecule has 1 aliphatic heterocycles. The highest BCUT2D eigenvalue weighted by atomic mass is 35.5. The maximum atomic E-state index is 11.8. The van der Waals surface area contributed by atoms with Crippen LogP contribution in [-0.4, -0.2) is 41.7 Å². The fraction of sp³-hybridized carbons (Fsp3) is 0.333. The molecule has 1 unspecified atom stereocenters. The first-order chi connectivity index (χ1) is 10.7. The number of alkyl carbamates (subject to hydrolysis) is 1. The van der Waals surface area contributed by atoms with E-state index in [1.807, 2.05) is 36.5 Å². The molecule has 3 rings (SSSR count). The van der Waals surface area contributed by atoms with Crippen molar-refractivity contribution in [1.82, 2.24) is 15.1 Å². The van der Waals surface area contributed by atoms with E-state index in [1.54, 1.807) is 10.9 Å². The highest BCUT2D eigenvalue weighted by Crippen LogP contribution is 2.19. The van der Waals surface area contributed by atoms with Crippen molar-refractivity contribution in [2.75, 3.05) is 19.8 Å². The monoisotopic (exact) mass is 321 g/mol. The molecule has 7 heteroatoms. The fourth-order valence-electron chi connectivity index (χ4n) is 2.17. The maximum absolute atomic E-state index is 11.8. The van der Waals surface area contributed by atoms with Gasteiger partial charge in [0.1, 0.15) is 0 Å². The molecule has 0 bridgehead atoms. The van der Waals surface area contributed by atoms with Crippen LogP contribution in [0.15, 0.2) is 42.7 Å². The summed E-state index contributed by atoms with van der Waals surface area (Å²) in [5, 5.41) is 7.69. The molecule has 1 aliphatic rings. The van der Waals surface area contributed by atoms with Crippen molar-refractivity contribution < 1.29 is 14.3 Å². The lowest BCUT2D eigenvalue weighted by Gasteiger charge is -2.26. The standard InChI is InChI=1S/C15H16ClN3O3/c16-12-4-2-11(3-5-12)14(19-7-1-6-18-19)8-17-15(20)22-13-9-21-10-13/h1-7,13-14H,8-10H2,(H,17,20). The number of hydrogen-bond acceptors (Lipinski definition) is 4. The van der Waals surface area contributed by atoms with Gasteiger partial charge in [0.05, 0.1) is 19.3 Å². The van der Waals surface area contributed by atoms with E-state index in [-0.39, 0.29) is 12.1 Å². The summed E-state index contributed by atoms with van der Waals surface area (Å²) in [6.07, 6.45) is 2.97. The molecule has 0 aliphatic carbocycles. The summed E-state index contributed by atoms with van der Waals surface area (Å²) in [5.74, 6) is 0. The second-order valence-corrected chi connectivity index (χ2v) is 5.44. The Morgan fingerprint density at radius 3 is 2.82 bits per heavy atom. The number of ether oxygens (including phenoxy) is 2. The molecule has 6 nitrogen and oxygen atoms in total. The van der Waals surface area contributed by atoms with Crippen molar-refractivity contribution in [1.29, 1.82) is 0 Å². The number of carbonyl (C=O) groups is 1. The van der Waals surface area contributed by atoms with E-state index in [1.165, 1.54) is 0 Å². The number of carbonyl (C=O) groups excluding carboxylic acids is 1. The average Bonchev–Trinajstić information content (AvgIpc) is 2.99. The Kier molecular flexibility index (Phi) is 4.60. The van der Waals surface area contributed by atoms with Gasteiger partial charge in [-0.1, -0.05) is 23.7 Å². The van der Waals surface area contributed by atoms with Gasteiger partial charge in [-0.25, -0.2) is 4.79 Å². The SMILES string of the molecule is O=C(NCC(c1ccc(Cl)cc1)n1cccn1)OC1COC1. The van der Waals surface area contributed by atoms with E-state index < -0.39 is 6.09 Å². The summed E-state index contributed by atoms with van der Waals surface area (Å²) in [6, 6.07) is 9.18. The van der Waals surface area contributed by atoms with Gasteiger partial charge in [-0.3, -0.25) is 4.68 Å². The van der Waals surface area contributed by atoms with Crippen molar-refractivity contribution in [3.05, 3.63) is 53.3 Å². The molecule has 1 atom stereocenters. The molecule has 2 aromatic rings. The molecule has 2 heterocycles. The van der Waals surface area contributed by atoms with Crippen molar-refractivity contribution in [3.8, 4) is 0 Å². The number of benzene rings is 1. The van der Waals surface area contributed by atoms with E-state index >= 15 is 0 Å². The van der Waals surface area contributed by atoms with E-state index in [2.05, 4.69) is 10.4 Å². The number of halogens is 1.